The molecule has 0 unspecified atom stereocenters. The fraction of sp³-hybridized carbons (Fsp3) is 0.667. The predicted octanol–water partition coefficient (Wildman–Crippen LogP) is 2.46. The largest absolute Gasteiger partial charge is 0.372 e. The summed E-state index contributed by atoms with van der Waals surface area (Å²) < 4.78 is 5.33. The molecule has 0 aromatic carbocycles. The SMILES string of the molecule is CCNc1nc(C(C)(C)OC)cs1. The summed E-state index contributed by atoms with van der Waals surface area (Å²) in [5, 5.41) is 6.17. The predicted molar refractivity (Wildman–Crippen MR) is 56.3 cm³/mol. The van der Waals surface area contributed by atoms with Crippen molar-refractivity contribution in [3.05, 3.63) is 11.1 Å². The lowest BCUT2D eigenvalue weighted by atomic mass is 10.1. The maximum absolute atomic E-state index is 5.33. The molecule has 1 aromatic heterocycles. The molecule has 74 valence electrons. The minimum absolute atomic E-state index is 0.288. The van der Waals surface area contributed by atoms with Crippen LogP contribution < -0.4 is 5.32 Å². The molecule has 1 aromatic rings. The van der Waals surface area contributed by atoms with Gasteiger partial charge in [-0.2, -0.15) is 0 Å². The van der Waals surface area contributed by atoms with Gasteiger partial charge < -0.3 is 10.1 Å². The van der Waals surface area contributed by atoms with Crippen molar-refractivity contribution in [3.63, 3.8) is 0 Å². The normalized spacial score (nSPS) is 11.7. The number of nitrogens with zero attached hydrogens (tertiary/aromatic N) is 1. The van der Waals surface area contributed by atoms with Crippen molar-refractivity contribution in [1.29, 1.82) is 0 Å². The average Bonchev–Trinajstić information content (AvgIpc) is 2.54. The first-order valence-corrected chi connectivity index (χ1v) is 5.23. The van der Waals surface area contributed by atoms with Gasteiger partial charge in [-0.1, -0.05) is 0 Å². The Morgan fingerprint density at radius 1 is 1.62 bits per heavy atom. The summed E-state index contributed by atoms with van der Waals surface area (Å²) in [7, 11) is 1.70. The first kappa shape index (κ1) is 10.5. The van der Waals surface area contributed by atoms with E-state index >= 15 is 0 Å². The first-order chi connectivity index (χ1) is 6.10. The van der Waals surface area contributed by atoms with Gasteiger partial charge in [0.2, 0.25) is 0 Å². The fourth-order valence-corrected chi connectivity index (χ4v) is 1.83. The summed E-state index contributed by atoms with van der Waals surface area (Å²) in [6, 6.07) is 0. The Balaban J connectivity index is 2.79. The van der Waals surface area contributed by atoms with E-state index in [4.69, 9.17) is 4.74 Å². The van der Waals surface area contributed by atoms with E-state index in [0.29, 0.717) is 0 Å². The van der Waals surface area contributed by atoms with E-state index in [1.807, 2.05) is 19.2 Å². The Bertz CT molecular complexity index is 270. The quantitative estimate of drug-likeness (QED) is 0.810. The third-order valence-corrected chi connectivity index (χ3v) is 2.76. The van der Waals surface area contributed by atoms with Gasteiger partial charge in [0.05, 0.1) is 5.69 Å². The molecule has 1 rings (SSSR count). The Morgan fingerprint density at radius 3 is 2.85 bits per heavy atom. The maximum Gasteiger partial charge on any atom is 0.182 e. The van der Waals surface area contributed by atoms with Crippen molar-refractivity contribution in [2.24, 2.45) is 0 Å². The van der Waals surface area contributed by atoms with Crippen LogP contribution in [0.5, 0.6) is 0 Å². The van der Waals surface area contributed by atoms with Crippen LogP contribution in [-0.2, 0) is 10.3 Å². The van der Waals surface area contributed by atoms with Crippen molar-refractivity contribution in [3.8, 4) is 0 Å². The number of rotatable bonds is 4. The number of hydrogen-bond donors (Lipinski definition) is 1. The van der Waals surface area contributed by atoms with E-state index in [-0.39, 0.29) is 5.60 Å². The van der Waals surface area contributed by atoms with Gasteiger partial charge in [-0.3, -0.25) is 0 Å². The molecule has 0 aliphatic heterocycles. The van der Waals surface area contributed by atoms with Crippen molar-refractivity contribution < 1.29 is 4.74 Å². The molecule has 1 N–H and O–H groups in total. The second-order valence-corrected chi connectivity index (χ2v) is 4.14. The Hall–Kier alpha value is -0.610. The minimum atomic E-state index is -0.288. The van der Waals surface area contributed by atoms with Crippen molar-refractivity contribution in [1.82, 2.24) is 4.98 Å². The summed E-state index contributed by atoms with van der Waals surface area (Å²) in [5.74, 6) is 0. The van der Waals surface area contributed by atoms with Crippen LogP contribution in [0.2, 0.25) is 0 Å². The molecular formula is C9H16N2OS. The number of hydrogen-bond acceptors (Lipinski definition) is 4. The van der Waals surface area contributed by atoms with Crippen LogP contribution in [0.4, 0.5) is 5.13 Å². The zero-order valence-electron chi connectivity index (χ0n) is 8.55. The number of methoxy groups -OCH3 is 1. The molecule has 13 heavy (non-hydrogen) atoms. The van der Waals surface area contributed by atoms with Gasteiger partial charge in [0.15, 0.2) is 5.13 Å². The third-order valence-electron chi connectivity index (χ3n) is 1.96. The van der Waals surface area contributed by atoms with Crippen LogP contribution in [0.3, 0.4) is 0 Å². The van der Waals surface area contributed by atoms with Crippen molar-refractivity contribution >= 4 is 16.5 Å². The van der Waals surface area contributed by atoms with E-state index in [9.17, 15) is 0 Å². The Kier molecular flexibility index (Phi) is 3.27. The molecule has 0 radical (unpaired) electrons. The Morgan fingerprint density at radius 2 is 2.31 bits per heavy atom. The number of thiazole rings is 1. The summed E-state index contributed by atoms with van der Waals surface area (Å²) in [6.07, 6.45) is 0. The Labute approximate surface area is 83.1 Å². The third kappa shape index (κ3) is 2.42. The second kappa shape index (κ2) is 4.07. The summed E-state index contributed by atoms with van der Waals surface area (Å²) >= 11 is 1.61. The number of nitrogens with one attached hydrogen (secondary N) is 1. The number of ether oxygens (including phenoxy) is 1. The summed E-state index contributed by atoms with van der Waals surface area (Å²) in [4.78, 5) is 4.42. The van der Waals surface area contributed by atoms with E-state index in [1.54, 1.807) is 18.4 Å². The van der Waals surface area contributed by atoms with Crippen LogP contribution in [0.25, 0.3) is 0 Å². The highest BCUT2D eigenvalue weighted by Crippen LogP contribution is 2.27. The second-order valence-electron chi connectivity index (χ2n) is 3.28. The molecular weight excluding hydrogens is 184 g/mol. The zero-order valence-corrected chi connectivity index (χ0v) is 9.36. The first-order valence-electron chi connectivity index (χ1n) is 4.35. The van der Waals surface area contributed by atoms with Gasteiger partial charge in [-0.25, -0.2) is 4.98 Å². The minimum Gasteiger partial charge on any atom is -0.372 e. The molecule has 3 nitrogen and oxygen atoms in total. The smallest absolute Gasteiger partial charge is 0.182 e. The van der Waals surface area contributed by atoms with Gasteiger partial charge in [0.25, 0.3) is 0 Å². The highest BCUT2D eigenvalue weighted by Gasteiger charge is 2.22. The van der Waals surface area contributed by atoms with Crippen LogP contribution >= 0.6 is 11.3 Å². The average molecular weight is 200 g/mol. The van der Waals surface area contributed by atoms with E-state index < -0.39 is 0 Å². The van der Waals surface area contributed by atoms with Gasteiger partial charge in [0.1, 0.15) is 5.60 Å². The summed E-state index contributed by atoms with van der Waals surface area (Å²) in [6.45, 7) is 6.98. The monoisotopic (exact) mass is 200 g/mol. The highest BCUT2D eigenvalue weighted by atomic mass is 32.1. The maximum atomic E-state index is 5.33. The zero-order chi connectivity index (χ0) is 9.90. The van der Waals surface area contributed by atoms with Crippen molar-refractivity contribution in [2.75, 3.05) is 19.0 Å². The molecule has 0 bridgehead atoms. The molecule has 1 heterocycles. The lowest BCUT2D eigenvalue weighted by Gasteiger charge is -2.19. The summed E-state index contributed by atoms with van der Waals surface area (Å²) in [5.41, 5.74) is 0.695. The number of anilines is 1. The number of aromatic nitrogens is 1. The molecule has 0 atom stereocenters. The van der Waals surface area contributed by atoms with E-state index in [1.165, 1.54) is 0 Å². The van der Waals surface area contributed by atoms with Crippen LogP contribution in [0.15, 0.2) is 5.38 Å². The molecule has 0 aliphatic carbocycles. The van der Waals surface area contributed by atoms with Gasteiger partial charge in [0, 0.05) is 19.0 Å². The highest BCUT2D eigenvalue weighted by molar-refractivity contribution is 7.13. The molecule has 0 saturated heterocycles. The van der Waals surface area contributed by atoms with Gasteiger partial charge in [-0.15, -0.1) is 11.3 Å². The van der Waals surface area contributed by atoms with E-state index in [0.717, 1.165) is 17.4 Å². The van der Waals surface area contributed by atoms with Crippen LogP contribution in [-0.4, -0.2) is 18.6 Å². The molecule has 0 fully saturated rings. The van der Waals surface area contributed by atoms with E-state index in [2.05, 4.69) is 17.2 Å². The lowest BCUT2D eigenvalue weighted by molar-refractivity contribution is 0.0161. The standard InChI is InChI=1S/C9H16N2OS/c1-5-10-8-11-7(6-13-8)9(2,3)12-4/h6H,5H2,1-4H3,(H,10,11). The van der Waals surface area contributed by atoms with Gasteiger partial charge in [-0.05, 0) is 20.8 Å². The molecule has 0 saturated carbocycles. The van der Waals surface area contributed by atoms with Crippen LogP contribution in [0, 0.1) is 0 Å². The topological polar surface area (TPSA) is 34.2 Å². The molecule has 0 amide bonds. The lowest BCUT2D eigenvalue weighted by Crippen LogP contribution is -2.19. The molecule has 0 aliphatic rings. The van der Waals surface area contributed by atoms with Crippen molar-refractivity contribution in [2.45, 2.75) is 26.4 Å². The molecule has 4 heteroatoms. The van der Waals surface area contributed by atoms with Gasteiger partial charge >= 0.3 is 0 Å². The molecule has 0 spiro atoms. The fourth-order valence-electron chi connectivity index (χ4n) is 0.887. The van der Waals surface area contributed by atoms with Crippen LogP contribution in [0.1, 0.15) is 26.5 Å².